The Morgan fingerprint density at radius 1 is 1.37 bits per heavy atom. The van der Waals surface area contributed by atoms with Crippen molar-refractivity contribution in [3.05, 3.63) is 24.3 Å². The zero-order valence-corrected chi connectivity index (χ0v) is 12.0. The second-order valence-electron chi connectivity index (χ2n) is 4.52. The first-order valence-corrected chi connectivity index (χ1v) is 7.02. The summed E-state index contributed by atoms with van der Waals surface area (Å²) in [4.78, 5) is 18.1. The molecule has 0 unspecified atom stereocenters. The quantitative estimate of drug-likeness (QED) is 0.826. The Hall–Kier alpha value is -1.66. The second-order valence-corrected chi connectivity index (χ2v) is 5.56. The van der Waals surface area contributed by atoms with Crippen molar-refractivity contribution in [2.24, 2.45) is 0 Å². The van der Waals surface area contributed by atoms with E-state index >= 15 is 0 Å². The summed E-state index contributed by atoms with van der Waals surface area (Å²) in [7, 11) is 4.03. The highest BCUT2D eigenvalue weighted by Crippen LogP contribution is 2.25. The molecule has 19 heavy (non-hydrogen) atoms. The molecule has 2 amide bonds. The van der Waals surface area contributed by atoms with Crippen LogP contribution < -0.4 is 10.6 Å². The smallest absolute Gasteiger partial charge is 0.321 e. The normalized spacial score (nSPS) is 10.9. The molecule has 6 heteroatoms. The van der Waals surface area contributed by atoms with Gasteiger partial charge in [-0.3, -0.25) is 5.32 Å². The average molecular weight is 278 g/mol. The van der Waals surface area contributed by atoms with Crippen molar-refractivity contribution in [2.75, 3.05) is 32.5 Å². The van der Waals surface area contributed by atoms with E-state index in [0.29, 0.717) is 11.7 Å². The fraction of sp³-hybridized carbons (Fsp3) is 0.385. The van der Waals surface area contributed by atoms with Crippen molar-refractivity contribution >= 4 is 32.7 Å². The van der Waals surface area contributed by atoms with E-state index in [9.17, 15) is 4.79 Å². The van der Waals surface area contributed by atoms with Gasteiger partial charge in [0.15, 0.2) is 5.13 Å². The number of amides is 2. The maximum Gasteiger partial charge on any atom is 0.321 e. The van der Waals surface area contributed by atoms with Crippen molar-refractivity contribution in [3.8, 4) is 0 Å². The minimum absolute atomic E-state index is 0.196. The van der Waals surface area contributed by atoms with Crippen LogP contribution in [-0.4, -0.2) is 43.1 Å². The number of nitrogens with zero attached hydrogens (tertiary/aromatic N) is 2. The number of carbonyl (C=O) groups is 1. The SMILES string of the molecule is CN(C)CCCNC(=O)Nc1nc2ccccc2s1. The van der Waals surface area contributed by atoms with Gasteiger partial charge in [0.1, 0.15) is 0 Å². The summed E-state index contributed by atoms with van der Waals surface area (Å²) in [6.07, 6.45) is 0.931. The summed E-state index contributed by atoms with van der Waals surface area (Å²) < 4.78 is 1.07. The molecule has 102 valence electrons. The number of hydrogen-bond donors (Lipinski definition) is 2. The van der Waals surface area contributed by atoms with Gasteiger partial charge in [-0.05, 0) is 39.2 Å². The molecule has 1 aromatic carbocycles. The third kappa shape index (κ3) is 4.18. The molecule has 0 aliphatic rings. The summed E-state index contributed by atoms with van der Waals surface area (Å²) >= 11 is 1.48. The Kier molecular flexibility index (Phi) is 4.70. The molecular formula is C13H18N4OS. The first kappa shape index (κ1) is 13.8. The lowest BCUT2D eigenvalue weighted by Crippen LogP contribution is -2.31. The van der Waals surface area contributed by atoms with E-state index in [1.165, 1.54) is 11.3 Å². The predicted molar refractivity (Wildman–Crippen MR) is 79.8 cm³/mol. The molecule has 0 fully saturated rings. The summed E-state index contributed by atoms with van der Waals surface area (Å²) in [5.41, 5.74) is 0.912. The maximum absolute atomic E-state index is 11.7. The Balaban J connectivity index is 1.81. The molecule has 0 bridgehead atoms. The Labute approximate surface area is 116 Å². The molecule has 2 rings (SSSR count). The number of rotatable bonds is 5. The number of anilines is 1. The van der Waals surface area contributed by atoms with Gasteiger partial charge in [0, 0.05) is 6.54 Å². The van der Waals surface area contributed by atoms with Crippen LogP contribution in [-0.2, 0) is 0 Å². The van der Waals surface area contributed by atoms with Gasteiger partial charge in [0.25, 0.3) is 0 Å². The first-order valence-electron chi connectivity index (χ1n) is 6.20. The number of fused-ring (bicyclic) bond motifs is 1. The standard InChI is InChI=1S/C13H18N4OS/c1-17(2)9-5-8-14-12(18)16-13-15-10-6-3-4-7-11(10)19-13/h3-4,6-7H,5,8-9H2,1-2H3,(H2,14,15,16,18). The molecule has 0 atom stereocenters. The number of urea groups is 1. The van der Waals surface area contributed by atoms with E-state index < -0.39 is 0 Å². The molecule has 0 spiro atoms. The molecular weight excluding hydrogens is 260 g/mol. The zero-order valence-electron chi connectivity index (χ0n) is 11.1. The zero-order chi connectivity index (χ0) is 13.7. The number of aromatic nitrogens is 1. The van der Waals surface area contributed by atoms with E-state index in [4.69, 9.17) is 0 Å². The Morgan fingerprint density at radius 2 is 2.16 bits per heavy atom. The molecule has 0 saturated heterocycles. The second kappa shape index (κ2) is 6.49. The minimum atomic E-state index is -0.196. The third-order valence-corrected chi connectivity index (χ3v) is 3.53. The highest BCUT2D eigenvalue weighted by Gasteiger charge is 2.06. The maximum atomic E-state index is 11.7. The summed E-state index contributed by atoms with van der Waals surface area (Å²) in [5.74, 6) is 0. The van der Waals surface area contributed by atoms with E-state index in [1.54, 1.807) is 0 Å². The Morgan fingerprint density at radius 3 is 2.89 bits per heavy atom. The van der Waals surface area contributed by atoms with Crippen LogP contribution in [0.4, 0.5) is 9.93 Å². The van der Waals surface area contributed by atoms with Crippen LogP contribution >= 0.6 is 11.3 Å². The van der Waals surface area contributed by atoms with Crippen molar-refractivity contribution in [1.29, 1.82) is 0 Å². The van der Waals surface area contributed by atoms with Gasteiger partial charge < -0.3 is 10.2 Å². The van der Waals surface area contributed by atoms with Crippen LogP contribution in [0.2, 0.25) is 0 Å². The molecule has 1 heterocycles. The van der Waals surface area contributed by atoms with Crippen LogP contribution in [0, 0.1) is 0 Å². The molecule has 0 aliphatic heterocycles. The van der Waals surface area contributed by atoms with Gasteiger partial charge in [0.05, 0.1) is 10.2 Å². The highest BCUT2D eigenvalue weighted by atomic mass is 32.1. The predicted octanol–water partition coefficient (Wildman–Crippen LogP) is 2.37. The van der Waals surface area contributed by atoms with Gasteiger partial charge >= 0.3 is 6.03 Å². The van der Waals surface area contributed by atoms with Gasteiger partial charge in [-0.2, -0.15) is 0 Å². The monoisotopic (exact) mass is 278 g/mol. The molecule has 5 nitrogen and oxygen atoms in total. The largest absolute Gasteiger partial charge is 0.338 e. The van der Waals surface area contributed by atoms with E-state index in [-0.39, 0.29) is 6.03 Å². The lowest BCUT2D eigenvalue weighted by atomic mass is 10.3. The molecule has 1 aromatic heterocycles. The topological polar surface area (TPSA) is 57.3 Å². The van der Waals surface area contributed by atoms with E-state index in [0.717, 1.165) is 23.2 Å². The summed E-state index contributed by atoms with van der Waals surface area (Å²) in [6, 6.07) is 7.63. The summed E-state index contributed by atoms with van der Waals surface area (Å²) in [6.45, 7) is 1.62. The molecule has 2 aromatic rings. The van der Waals surface area contributed by atoms with Gasteiger partial charge in [0.2, 0.25) is 0 Å². The number of carbonyl (C=O) groups excluding carboxylic acids is 1. The van der Waals surface area contributed by atoms with Crippen LogP contribution in [0.3, 0.4) is 0 Å². The van der Waals surface area contributed by atoms with Crippen LogP contribution in [0.5, 0.6) is 0 Å². The number of hydrogen-bond acceptors (Lipinski definition) is 4. The van der Waals surface area contributed by atoms with Crippen molar-refractivity contribution < 1.29 is 4.79 Å². The fourth-order valence-electron chi connectivity index (χ4n) is 1.66. The van der Waals surface area contributed by atoms with E-state index in [1.807, 2.05) is 38.4 Å². The Bertz CT molecular complexity index is 519. The number of thiazole rings is 1. The third-order valence-electron chi connectivity index (χ3n) is 2.58. The van der Waals surface area contributed by atoms with Crippen molar-refractivity contribution in [1.82, 2.24) is 15.2 Å². The highest BCUT2D eigenvalue weighted by molar-refractivity contribution is 7.22. The van der Waals surface area contributed by atoms with Crippen molar-refractivity contribution in [2.45, 2.75) is 6.42 Å². The van der Waals surface area contributed by atoms with Crippen LogP contribution in [0.25, 0.3) is 10.2 Å². The van der Waals surface area contributed by atoms with Crippen LogP contribution in [0.1, 0.15) is 6.42 Å². The number of para-hydroxylation sites is 1. The van der Waals surface area contributed by atoms with Crippen molar-refractivity contribution in [3.63, 3.8) is 0 Å². The van der Waals surface area contributed by atoms with E-state index in [2.05, 4.69) is 20.5 Å². The number of benzene rings is 1. The number of nitrogens with one attached hydrogen (secondary N) is 2. The van der Waals surface area contributed by atoms with Gasteiger partial charge in [-0.1, -0.05) is 23.5 Å². The lowest BCUT2D eigenvalue weighted by Gasteiger charge is -2.09. The minimum Gasteiger partial charge on any atom is -0.338 e. The van der Waals surface area contributed by atoms with Crippen LogP contribution in [0.15, 0.2) is 24.3 Å². The molecule has 2 N–H and O–H groups in total. The first-order chi connectivity index (χ1) is 9.15. The lowest BCUT2D eigenvalue weighted by molar-refractivity contribution is 0.251. The van der Waals surface area contributed by atoms with Gasteiger partial charge in [-0.15, -0.1) is 0 Å². The average Bonchev–Trinajstić information content (AvgIpc) is 2.76. The molecule has 0 saturated carbocycles. The molecule has 0 aliphatic carbocycles. The fourth-order valence-corrected chi connectivity index (χ4v) is 2.53. The van der Waals surface area contributed by atoms with Gasteiger partial charge in [-0.25, -0.2) is 9.78 Å². The summed E-state index contributed by atoms with van der Waals surface area (Å²) in [5, 5.41) is 6.21. The molecule has 0 radical (unpaired) electrons.